The van der Waals surface area contributed by atoms with E-state index in [1.807, 2.05) is 0 Å². The first kappa shape index (κ1) is 25.6. The van der Waals surface area contributed by atoms with Crippen LogP contribution < -0.4 is 0 Å². The first-order valence-electron chi connectivity index (χ1n) is 12.8. The molecule has 6 rings (SSSR count). The summed E-state index contributed by atoms with van der Waals surface area (Å²) in [6.45, 7) is 21.7. The third kappa shape index (κ3) is 4.37. The summed E-state index contributed by atoms with van der Waals surface area (Å²) in [4.78, 5) is 23.4. The first-order valence-corrected chi connectivity index (χ1v) is 12.8. The number of ether oxygens (including phenoxy) is 2. The lowest BCUT2D eigenvalue weighted by Crippen LogP contribution is -2.50. The molecule has 0 amide bonds. The number of esters is 2. The van der Waals surface area contributed by atoms with Crippen molar-refractivity contribution in [1.29, 1.82) is 0 Å². The quantitative estimate of drug-likeness (QED) is 0.376. The van der Waals surface area contributed by atoms with Crippen LogP contribution in [-0.2, 0) is 19.1 Å². The van der Waals surface area contributed by atoms with E-state index in [4.69, 9.17) is 9.47 Å². The molecule has 3 aliphatic carbocycles. The van der Waals surface area contributed by atoms with Gasteiger partial charge in [0, 0.05) is 10.8 Å². The molecule has 6 aliphatic rings. The van der Waals surface area contributed by atoms with Gasteiger partial charge in [-0.1, -0.05) is 62.3 Å². The summed E-state index contributed by atoms with van der Waals surface area (Å²) < 4.78 is 11.2. The zero-order valence-corrected chi connectivity index (χ0v) is 22.4. The molecule has 4 atom stereocenters. The number of hydrogen-bond acceptors (Lipinski definition) is 4. The van der Waals surface area contributed by atoms with Crippen molar-refractivity contribution in [2.45, 2.75) is 126 Å². The van der Waals surface area contributed by atoms with Crippen molar-refractivity contribution in [2.75, 3.05) is 0 Å². The van der Waals surface area contributed by atoms with Gasteiger partial charge in [-0.2, -0.15) is 0 Å². The van der Waals surface area contributed by atoms with Gasteiger partial charge in [-0.25, -0.2) is 0 Å². The molecule has 6 fully saturated rings. The van der Waals surface area contributed by atoms with Crippen LogP contribution in [0.15, 0.2) is 0 Å². The third-order valence-electron chi connectivity index (χ3n) is 9.01. The molecular weight excluding hydrogens is 400 g/mol. The fourth-order valence-electron chi connectivity index (χ4n) is 7.11. The molecule has 184 valence electrons. The Labute approximate surface area is 196 Å². The van der Waals surface area contributed by atoms with Crippen molar-refractivity contribution in [1.82, 2.24) is 0 Å². The topological polar surface area (TPSA) is 52.6 Å². The molecule has 0 spiro atoms. The number of hydrogen-bond donors (Lipinski definition) is 0. The summed E-state index contributed by atoms with van der Waals surface area (Å²) in [5.41, 5.74) is -0.0954. The van der Waals surface area contributed by atoms with Crippen LogP contribution in [-0.4, -0.2) is 23.6 Å². The third-order valence-corrected chi connectivity index (χ3v) is 9.01. The van der Waals surface area contributed by atoms with E-state index in [2.05, 4.69) is 69.2 Å². The van der Waals surface area contributed by atoms with Crippen LogP contribution in [0.2, 0.25) is 0 Å². The molecule has 3 saturated carbocycles. The monoisotopic (exact) mass is 448 g/mol. The molecular formula is C28H48O4. The molecule has 4 nitrogen and oxygen atoms in total. The van der Waals surface area contributed by atoms with Crippen LogP contribution in [0.3, 0.4) is 0 Å². The highest BCUT2D eigenvalue weighted by Gasteiger charge is 2.75. The Bertz CT molecular complexity index is 720. The van der Waals surface area contributed by atoms with Crippen molar-refractivity contribution >= 4 is 11.9 Å². The Morgan fingerprint density at radius 3 is 1.62 bits per heavy atom. The van der Waals surface area contributed by atoms with E-state index in [0.717, 1.165) is 50.4 Å². The molecule has 0 radical (unpaired) electrons. The van der Waals surface area contributed by atoms with Crippen LogP contribution in [0.1, 0.15) is 114 Å². The van der Waals surface area contributed by atoms with Crippen molar-refractivity contribution in [3.63, 3.8) is 0 Å². The second kappa shape index (κ2) is 8.01. The zero-order chi connectivity index (χ0) is 24.3. The summed E-state index contributed by atoms with van der Waals surface area (Å²) >= 11 is 0. The van der Waals surface area contributed by atoms with E-state index in [1.165, 1.54) is 6.42 Å². The van der Waals surface area contributed by atoms with Gasteiger partial charge in [0.1, 0.15) is 11.7 Å². The fourth-order valence-corrected chi connectivity index (χ4v) is 7.11. The molecule has 32 heavy (non-hydrogen) atoms. The SMILES string of the molecule is CC(C)(C)C.CC(C)(C)C12CCC(C)(C(=O)O1)C2(C)C.O=C1OC2CC3CC(C2)CC1C3. The van der Waals surface area contributed by atoms with Gasteiger partial charge in [-0.3, -0.25) is 9.59 Å². The summed E-state index contributed by atoms with van der Waals surface area (Å²) in [6, 6.07) is 0. The number of carbonyl (C=O) groups excluding carboxylic acids is 2. The average molecular weight is 449 g/mol. The van der Waals surface area contributed by atoms with Gasteiger partial charge in [0.05, 0.1) is 11.3 Å². The highest BCUT2D eigenvalue weighted by molar-refractivity contribution is 5.82. The predicted octanol–water partition coefficient (Wildman–Crippen LogP) is 6.94. The largest absolute Gasteiger partial charge is 0.462 e. The maximum atomic E-state index is 12.0. The summed E-state index contributed by atoms with van der Waals surface area (Å²) in [5.74, 6) is 1.98. The van der Waals surface area contributed by atoms with E-state index in [9.17, 15) is 9.59 Å². The Morgan fingerprint density at radius 2 is 1.28 bits per heavy atom. The molecule has 3 heterocycles. The Balaban J connectivity index is 0.000000152. The molecule has 4 unspecified atom stereocenters. The smallest absolute Gasteiger partial charge is 0.313 e. The van der Waals surface area contributed by atoms with Gasteiger partial charge in [-0.05, 0) is 69.1 Å². The number of fused-ring (bicyclic) bond motifs is 3. The average Bonchev–Trinajstić information content (AvgIpc) is 2.78. The Kier molecular flexibility index (Phi) is 6.40. The zero-order valence-electron chi connectivity index (χ0n) is 22.4. The maximum absolute atomic E-state index is 12.0. The van der Waals surface area contributed by atoms with Crippen LogP contribution in [0, 0.1) is 39.4 Å². The molecule has 0 aromatic heterocycles. The Hall–Kier alpha value is -1.06. The van der Waals surface area contributed by atoms with Crippen molar-refractivity contribution in [3.8, 4) is 0 Å². The van der Waals surface area contributed by atoms with Crippen molar-refractivity contribution < 1.29 is 19.1 Å². The van der Waals surface area contributed by atoms with Crippen LogP contribution in [0.25, 0.3) is 0 Å². The molecule has 3 saturated heterocycles. The minimum absolute atomic E-state index is 0.00803. The first-order chi connectivity index (χ1) is 14.4. The lowest BCUT2D eigenvalue weighted by molar-refractivity contribution is -0.172. The van der Waals surface area contributed by atoms with E-state index < -0.39 is 0 Å². The van der Waals surface area contributed by atoms with Crippen molar-refractivity contribution in [2.24, 2.45) is 39.4 Å². The van der Waals surface area contributed by atoms with E-state index in [1.54, 1.807) is 0 Å². The molecule has 4 heteroatoms. The van der Waals surface area contributed by atoms with E-state index in [0.29, 0.717) is 5.41 Å². The fraction of sp³-hybridized carbons (Fsp3) is 0.929. The summed E-state index contributed by atoms with van der Waals surface area (Å²) in [5, 5.41) is 0. The predicted molar refractivity (Wildman–Crippen MR) is 128 cm³/mol. The van der Waals surface area contributed by atoms with Crippen molar-refractivity contribution in [3.05, 3.63) is 0 Å². The number of rotatable bonds is 0. The van der Waals surface area contributed by atoms with Gasteiger partial charge in [-0.15, -0.1) is 0 Å². The lowest BCUT2D eigenvalue weighted by atomic mass is 9.59. The lowest BCUT2D eigenvalue weighted by Gasteiger charge is -2.46. The standard InChI is InChI=1S/C13H22O2.C10H14O2.C5H12/c1-10(2,3)13-8-7-12(6,9(14)15-13)11(13,4)5;11-10-8-2-6-1-7(3-8)5-9(4-6)12-10;1-5(2,3)4/h7-8H2,1-6H3;6-9H,1-5H2;1-4H3. The van der Waals surface area contributed by atoms with Gasteiger partial charge in [0.15, 0.2) is 0 Å². The number of carbonyl (C=O) groups is 2. The summed E-state index contributed by atoms with van der Waals surface area (Å²) in [7, 11) is 0. The van der Waals surface area contributed by atoms with Crippen LogP contribution >= 0.6 is 0 Å². The molecule has 0 N–H and O–H groups in total. The van der Waals surface area contributed by atoms with Gasteiger partial charge in [0.2, 0.25) is 0 Å². The van der Waals surface area contributed by atoms with Gasteiger partial charge >= 0.3 is 11.9 Å². The molecule has 0 aromatic carbocycles. The molecule has 6 bridgehead atoms. The van der Waals surface area contributed by atoms with E-state index >= 15 is 0 Å². The Morgan fingerprint density at radius 1 is 0.781 bits per heavy atom. The van der Waals surface area contributed by atoms with Crippen LogP contribution in [0.4, 0.5) is 0 Å². The minimum Gasteiger partial charge on any atom is -0.462 e. The minimum atomic E-state index is -0.277. The van der Waals surface area contributed by atoms with Gasteiger partial charge in [0.25, 0.3) is 0 Å². The maximum Gasteiger partial charge on any atom is 0.313 e. The highest BCUT2D eigenvalue weighted by atomic mass is 16.6. The second-order valence-electron chi connectivity index (χ2n) is 14.6. The molecule has 0 aromatic rings. The summed E-state index contributed by atoms with van der Waals surface area (Å²) in [6.07, 6.45) is 8.16. The van der Waals surface area contributed by atoms with Gasteiger partial charge < -0.3 is 9.47 Å². The van der Waals surface area contributed by atoms with E-state index in [-0.39, 0.29) is 45.8 Å². The highest BCUT2D eigenvalue weighted by Crippen LogP contribution is 2.70. The second-order valence-corrected chi connectivity index (χ2v) is 14.6. The normalized spacial score (nSPS) is 41.1. The molecule has 3 aliphatic heterocycles. The van der Waals surface area contributed by atoms with Crippen LogP contribution in [0.5, 0.6) is 0 Å².